The molecule has 0 fully saturated rings. The number of ether oxygens (including phenoxy) is 3. The molecule has 0 aliphatic carbocycles. The highest BCUT2D eigenvalue weighted by Crippen LogP contribution is 2.15. The van der Waals surface area contributed by atoms with Gasteiger partial charge < -0.3 is 14.2 Å². The molecule has 0 amide bonds. The van der Waals surface area contributed by atoms with Gasteiger partial charge in [0.2, 0.25) is 0 Å². The molecule has 1 aromatic rings. The van der Waals surface area contributed by atoms with E-state index in [4.69, 9.17) is 14.2 Å². The smallest absolute Gasteiger partial charge is 0.333 e. The van der Waals surface area contributed by atoms with Crippen molar-refractivity contribution in [3.05, 3.63) is 0 Å². The number of esters is 1. The predicted molar refractivity (Wildman–Crippen MR) is 58.0 cm³/mol. The maximum Gasteiger partial charge on any atom is 0.333 e. The molecule has 17 heavy (non-hydrogen) atoms. The predicted octanol–water partition coefficient (Wildman–Crippen LogP) is 0.840. The Morgan fingerprint density at radius 2 is 1.59 bits per heavy atom. The van der Waals surface area contributed by atoms with Crippen LogP contribution in [-0.4, -0.2) is 35.1 Å². The summed E-state index contributed by atoms with van der Waals surface area (Å²) in [7, 11) is 2.80. The first kappa shape index (κ1) is 13.1. The molecular weight excluding hydrogens is 226 g/mol. The number of hydrogen-bond acceptors (Lipinski definition) is 7. The van der Waals surface area contributed by atoms with Crippen molar-refractivity contribution in [2.24, 2.45) is 5.92 Å². The van der Waals surface area contributed by atoms with E-state index >= 15 is 0 Å². The number of aromatic nitrogens is 3. The molecule has 1 rings (SSSR count). The topological polar surface area (TPSA) is 83.4 Å². The molecule has 0 radical (unpaired) electrons. The van der Waals surface area contributed by atoms with E-state index in [1.807, 2.05) is 6.92 Å². The molecule has 0 N–H and O–H groups in total. The Morgan fingerprint density at radius 1 is 1.12 bits per heavy atom. The van der Waals surface area contributed by atoms with E-state index in [-0.39, 0.29) is 23.9 Å². The maximum absolute atomic E-state index is 11.5. The van der Waals surface area contributed by atoms with E-state index in [0.717, 1.165) is 0 Å². The first-order valence-corrected chi connectivity index (χ1v) is 5.16. The standard InChI is InChI=1S/C10H15N3O4/c1-5-6(2)7(14)17-10-12-8(15-3)11-9(13-10)16-4/h6H,5H2,1-4H3. The van der Waals surface area contributed by atoms with Gasteiger partial charge in [-0.05, 0) is 6.42 Å². The van der Waals surface area contributed by atoms with Crippen LogP contribution in [0.1, 0.15) is 20.3 Å². The van der Waals surface area contributed by atoms with Crippen LogP contribution < -0.4 is 14.2 Å². The molecule has 0 saturated heterocycles. The van der Waals surface area contributed by atoms with Gasteiger partial charge in [0.05, 0.1) is 20.1 Å². The molecule has 1 unspecified atom stereocenters. The lowest BCUT2D eigenvalue weighted by Gasteiger charge is -2.08. The van der Waals surface area contributed by atoms with Gasteiger partial charge in [-0.25, -0.2) is 0 Å². The molecular formula is C10H15N3O4. The number of rotatable bonds is 5. The number of methoxy groups -OCH3 is 2. The maximum atomic E-state index is 11.5. The fourth-order valence-electron chi connectivity index (χ4n) is 0.906. The molecule has 0 aliphatic rings. The van der Waals surface area contributed by atoms with Crippen LogP contribution >= 0.6 is 0 Å². The van der Waals surface area contributed by atoms with E-state index in [0.29, 0.717) is 6.42 Å². The normalized spacial score (nSPS) is 11.8. The lowest BCUT2D eigenvalue weighted by Crippen LogP contribution is -2.18. The van der Waals surface area contributed by atoms with Crippen LogP contribution in [0, 0.1) is 5.92 Å². The number of hydrogen-bond donors (Lipinski definition) is 0. The molecule has 0 spiro atoms. The summed E-state index contributed by atoms with van der Waals surface area (Å²) < 4.78 is 14.7. The number of nitrogens with zero attached hydrogens (tertiary/aromatic N) is 3. The fourth-order valence-corrected chi connectivity index (χ4v) is 0.906. The Kier molecular flexibility index (Phi) is 4.62. The molecule has 0 aromatic carbocycles. The van der Waals surface area contributed by atoms with Crippen molar-refractivity contribution in [1.29, 1.82) is 0 Å². The van der Waals surface area contributed by atoms with E-state index < -0.39 is 5.97 Å². The van der Waals surface area contributed by atoms with Gasteiger partial charge in [-0.1, -0.05) is 13.8 Å². The van der Waals surface area contributed by atoms with Crippen molar-refractivity contribution in [1.82, 2.24) is 15.0 Å². The summed E-state index contributed by atoms with van der Waals surface area (Å²) in [6.07, 6.45) is 0.679. The third-order valence-electron chi connectivity index (χ3n) is 2.15. The summed E-state index contributed by atoms with van der Waals surface area (Å²) in [5.41, 5.74) is 0. The fraction of sp³-hybridized carbons (Fsp3) is 0.600. The van der Waals surface area contributed by atoms with Gasteiger partial charge in [0, 0.05) is 0 Å². The highest BCUT2D eigenvalue weighted by atomic mass is 16.6. The van der Waals surface area contributed by atoms with Crippen LogP contribution in [0.2, 0.25) is 0 Å². The van der Waals surface area contributed by atoms with Crippen LogP contribution in [-0.2, 0) is 4.79 Å². The Balaban J connectivity index is 2.86. The summed E-state index contributed by atoms with van der Waals surface area (Å²) in [4.78, 5) is 22.9. The van der Waals surface area contributed by atoms with Gasteiger partial charge in [-0.2, -0.15) is 0 Å². The molecule has 1 heterocycles. The van der Waals surface area contributed by atoms with Gasteiger partial charge in [0.15, 0.2) is 0 Å². The quantitative estimate of drug-likeness (QED) is 0.706. The van der Waals surface area contributed by atoms with Crippen LogP contribution in [0.15, 0.2) is 0 Å². The Morgan fingerprint density at radius 3 is 2.00 bits per heavy atom. The van der Waals surface area contributed by atoms with Crippen LogP contribution in [0.5, 0.6) is 18.0 Å². The van der Waals surface area contributed by atoms with Crippen LogP contribution in [0.25, 0.3) is 0 Å². The van der Waals surface area contributed by atoms with Crippen molar-refractivity contribution in [2.75, 3.05) is 14.2 Å². The van der Waals surface area contributed by atoms with E-state index in [1.54, 1.807) is 6.92 Å². The lowest BCUT2D eigenvalue weighted by molar-refractivity contribution is -0.139. The monoisotopic (exact) mass is 241 g/mol. The largest absolute Gasteiger partial charge is 0.467 e. The van der Waals surface area contributed by atoms with Gasteiger partial charge in [0.25, 0.3) is 0 Å². The third-order valence-corrected chi connectivity index (χ3v) is 2.15. The Hall–Kier alpha value is -1.92. The lowest BCUT2D eigenvalue weighted by atomic mass is 10.1. The minimum Gasteiger partial charge on any atom is -0.467 e. The Labute approximate surface area is 99.1 Å². The summed E-state index contributed by atoms with van der Waals surface area (Å²) in [5, 5.41) is 0. The minimum atomic E-state index is -0.400. The first-order chi connectivity index (χ1) is 8.10. The first-order valence-electron chi connectivity index (χ1n) is 5.16. The number of carbonyl (C=O) groups excluding carboxylic acids is 1. The molecule has 1 aromatic heterocycles. The SMILES string of the molecule is CCC(C)C(=O)Oc1nc(OC)nc(OC)n1. The van der Waals surface area contributed by atoms with Crippen molar-refractivity contribution in [3.8, 4) is 18.0 Å². The second-order valence-electron chi connectivity index (χ2n) is 3.32. The zero-order valence-electron chi connectivity index (χ0n) is 10.3. The third kappa shape index (κ3) is 3.54. The van der Waals surface area contributed by atoms with Crippen molar-refractivity contribution >= 4 is 5.97 Å². The van der Waals surface area contributed by atoms with Gasteiger partial charge in [-0.15, -0.1) is 15.0 Å². The molecule has 7 heteroatoms. The second-order valence-corrected chi connectivity index (χ2v) is 3.32. The minimum absolute atomic E-state index is 0.0313. The van der Waals surface area contributed by atoms with Gasteiger partial charge in [0.1, 0.15) is 0 Å². The van der Waals surface area contributed by atoms with Crippen LogP contribution in [0.3, 0.4) is 0 Å². The van der Waals surface area contributed by atoms with E-state index in [1.165, 1.54) is 14.2 Å². The zero-order chi connectivity index (χ0) is 12.8. The Bertz CT molecular complexity index is 375. The molecule has 0 saturated carbocycles. The number of carbonyl (C=O) groups is 1. The van der Waals surface area contributed by atoms with E-state index in [9.17, 15) is 4.79 Å². The summed E-state index contributed by atoms with van der Waals surface area (Å²) >= 11 is 0. The summed E-state index contributed by atoms with van der Waals surface area (Å²) in [5.74, 6) is -0.619. The summed E-state index contributed by atoms with van der Waals surface area (Å²) in [6, 6.07) is -0.0633. The molecule has 1 atom stereocenters. The second kappa shape index (κ2) is 5.97. The van der Waals surface area contributed by atoms with Crippen molar-refractivity contribution < 1.29 is 19.0 Å². The van der Waals surface area contributed by atoms with Crippen LogP contribution in [0.4, 0.5) is 0 Å². The van der Waals surface area contributed by atoms with Crippen molar-refractivity contribution in [2.45, 2.75) is 20.3 Å². The molecule has 7 nitrogen and oxygen atoms in total. The van der Waals surface area contributed by atoms with Gasteiger partial charge >= 0.3 is 24.0 Å². The average molecular weight is 241 g/mol. The summed E-state index contributed by atoms with van der Waals surface area (Å²) in [6.45, 7) is 3.65. The average Bonchev–Trinajstić information content (AvgIpc) is 2.36. The molecule has 94 valence electrons. The zero-order valence-corrected chi connectivity index (χ0v) is 10.3. The van der Waals surface area contributed by atoms with Gasteiger partial charge in [-0.3, -0.25) is 4.79 Å². The van der Waals surface area contributed by atoms with E-state index in [2.05, 4.69) is 15.0 Å². The molecule has 0 bridgehead atoms. The molecule has 0 aliphatic heterocycles. The highest BCUT2D eigenvalue weighted by Gasteiger charge is 2.16. The van der Waals surface area contributed by atoms with Crippen molar-refractivity contribution in [3.63, 3.8) is 0 Å². The highest BCUT2D eigenvalue weighted by molar-refractivity contribution is 5.73.